The Labute approximate surface area is 103 Å². The van der Waals surface area contributed by atoms with E-state index in [1.54, 1.807) is 0 Å². The highest BCUT2D eigenvalue weighted by molar-refractivity contribution is 5.97. The van der Waals surface area contributed by atoms with E-state index < -0.39 is 0 Å². The molecule has 1 rings (SSSR count). The summed E-state index contributed by atoms with van der Waals surface area (Å²) in [5, 5.41) is 2.97. The minimum atomic E-state index is -0.0164. The van der Waals surface area contributed by atoms with Gasteiger partial charge in [0, 0.05) is 18.2 Å². The third-order valence-electron chi connectivity index (χ3n) is 3.02. The Morgan fingerprint density at radius 1 is 1.29 bits per heavy atom. The lowest BCUT2D eigenvalue weighted by Gasteiger charge is -2.17. The van der Waals surface area contributed by atoms with Crippen molar-refractivity contribution in [3.63, 3.8) is 0 Å². The van der Waals surface area contributed by atoms with Crippen LogP contribution in [0.15, 0.2) is 12.1 Å². The molecule has 0 aliphatic rings. The van der Waals surface area contributed by atoms with Crippen LogP contribution >= 0.6 is 0 Å². The van der Waals surface area contributed by atoms with Gasteiger partial charge >= 0.3 is 0 Å². The van der Waals surface area contributed by atoms with E-state index in [1.807, 2.05) is 39.8 Å². The van der Waals surface area contributed by atoms with Gasteiger partial charge in [0.25, 0.3) is 5.91 Å². The molecule has 0 saturated carbocycles. The van der Waals surface area contributed by atoms with Crippen LogP contribution in [0.1, 0.15) is 40.4 Å². The number of carbonyl (C=O) groups excluding carboxylic acids is 1. The van der Waals surface area contributed by atoms with Crippen LogP contribution in [0.25, 0.3) is 0 Å². The molecular formula is C14H22N2O. The smallest absolute Gasteiger partial charge is 0.252 e. The molecule has 0 aliphatic carbocycles. The molecule has 0 radical (unpaired) electrons. The highest BCUT2D eigenvalue weighted by Crippen LogP contribution is 2.16. The number of aryl methyl sites for hydroxylation is 3. The summed E-state index contributed by atoms with van der Waals surface area (Å²) in [5.74, 6) is -0.0164. The van der Waals surface area contributed by atoms with Crippen LogP contribution in [0.4, 0.5) is 0 Å². The second kappa shape index (κ2) is 5.82. The van der Waals surface area contributed by atoms with E-state index in [1.165, 1.54) is 5.56 Å². The van der Waals surface area contributed by atoms with Crippen LogP contribution in [-0.2, 0) is 0 Å². The first-order chi connectivity index (χ1) is 7.99. The monoisotopic (exact) mass is 234 g/mol. The van der Waals surface area contributed by atoms with Crippen molar-refractivity contribution in [1.29, 1.82) is 0 Å². The maximum atomic E-state index is 12.2. The minimum absolute atomic E-state index is 0.0164. The van der Waals surface area contributed by atoms with Crippen molar-refractivity contribution in [2.75, 3.05) is 6.54 Å². The number of rotatable bonds is 4. The van der Waals surface area contributed by atoms with Gasteiger partial charge in [0.2, 0.25) is 0 Å². The Morgan fingerprint density at radius 3 is 2.24 bits per heavy atom. The van der Waals surface area contributed by atoms with Gasteiger partial charge in [-0.05, 0) is 38.3 Å². The lowest BCUT2D eigenvalue weighted by atomic mass is 9.99. The summed E-state index contributed by atoms with van der Waals surface area (Å²) in [4.78, 5) is 12.2. The number of nitrogens with one attached hydrogen (secondary N) is 1. The van der Waals surface area contributed by atoms with E-state index in [4.69, 9.17) is 5.73 Å². The minimum Gasteiger partial charge on any atom is -0.348 e. The summed E-state index contributed by atoms with van der Waals surface area (Å²) in [6, 6.07) is 4.12. The lowest BCUT2D eigenvalue weighted by Crippen LogP contribution is -2.40. The fraction of sp³-hybridized carbons (Fsp3) is 0.500. The van der Waals surface area contributed by atoms with E-state index in [-0.39, 0.29) is 11.9 Å². The van der Waals surface area contributed by atoms with Crippen molar-refractivity contribution in [3.05, 3.63) is 34.4 Å². The van der Waals surface area contributed by atoms with E-state index in [0.717, 1.165) is 23.1 Å². The van der Waals surface area contributed by atoms with Crippen LogP contribution in [0.5, 0.6) is 0 Å². The Morgan fingerprint density at radius 2 is 1.82 bits per heavy atom. The molecule has 0 heterocycles. The molecule has 1 unspecified atom stereocenters. The maximum Gasteiger partial charge on any atom is 0.252 e. The quantitative estimate of drug-likeness (QED) is 0.838. The SMILES string of the molecule is CCC(CN)NC(=O)c1c(C)cc(C)cc1C. The van der Waals surface area contributed by atoms with Crippen molar-refractivity contribution in [2.45, 2.75) is 40.2 Å². The molecular weight excluding hydrogens is 212 g/mol. The third kappa shape index (κ3) is 3.30. The van der Waals surface area contributed by atoms with E-state index in [2.05, 4.69) is 5.32 Å². The summed E-state index contributed by atoms with van der Waals surface area (Å²) in [6.07, 6.45) is 0.853. The standard InChI is InChI=1S/C14H22N2O/c1-5-12(8-15)16-14(17)13-10(3)6-9(2)7-11(13)4/h6-7,12H,5,8,15H2,1-4H3,(H,16,17). The van der Waals surface area contributed by atoms with Crippen molar-refractivity contribution in [2.24, 2.45) is 5.73 Å². The van der Waals surface area contributed by atoms with Gasteiger partial charge in [-0.1, -0.05) is 24.6 Å². The lowest BCUT2D eigenvalue weighted by molar-refractivity contribution is 0.0936. The number of carbonyl (C=O) groups is 1. The first-order valence-corrected chi connectivity index (χ1v) is 6.08. The average molecular weight is 234 g/mol. The first-order valence-electron chi connectivity index (χ1n) is 6.08. The number of hydrogen-bond donors (Lipinski definition) is 2. The molecule has 0 aromatic heterocycles. The predicted octanol–water partition coefficient (Wildman–Crippen LogP) is 2.08. The first kappa shape index (κ1) is 13.7. The van der Waals surface area contributed by atoms with Crippen molar-refractivity contribution >= 4 is 5.91 Å². The molecule has 0 fully saturated rings. The normalized spacial score (nSPS) is 12.3. The summed E-state index contributed by atoms with van der Waals surface area (Å²) < 4.78 is 0. The van der Waals surface area contributed by atoms with Crippen LogP contribution < -0.4 is 11.1 Å². The molecule has 1 atom stereocenters. The third-order valence-corrected chi connectivity index (χ3v) is 3.02. The molecule has 3 heteroatoms. The average Bonchev–Trinajstić information content (AvgIpc) is 2.24. The second-order valence-corrected chi connectivity index (χ2v) is 4.59. The fourth-order valence-corrected chi connectivity index (χ4v) is 2.12. The zero-order valence-electron chi connectivity index (χ0n) is 11.1. The Balaban J connectivity index is 2.96. The van der Waals surface area contributed by atoms with Crippen molar-refractivity contribution < 1.29 is 4.79 Å². The van der Waals surface area contributed by atoms with Crippen molar-refractivity contribution in [3.8, 4) is 0 Å². The zero-order valence-corrected chi connectivity index (χ0v) is 11.1. The zero-order chi connectivity index (χ0) is 13.0. The van der Waals surface area contributed by atoms with Crippen LogP contribution in [0.3, 0.4) is 0 Å². The van der Waals surface area contributed by atoms with E-state index >= 15 is 0 Å². The van der Waals surface area contributed by atoms with Gasteiger partial charge in [-0.2, -0.15) is 0 Å². The van der Waals surface area contributed by atoms with E-state index in [0.29, 0.717) is 6.54 Å². The fourth-order valence-electron chi connectivity index (χ4n) is 2.12. The molecule has 1 amide bonds. The second-order valence-electron chi connectivity index (χ2n) is 4.59. The molecule has 0 saturated heterocycles. The summed E-state index contributed by atoms with van der Waals surface area (Å²) in [6.45, 7) is 8.48. The number of hydrogen-bond acceptors (Lipinski definition) is 2. The molecule has 0 aliphatic heterocycles. The van der Waals surface area contributed by atoms with Gasteiger partial charge in [-0.25, -0.2) is 0 Å². The summed E-state index contributed by atoms with van der Waals surface area (Å²) in [5.41, 5.74) is 9.60. The number of amides is 1. The van der Waals surface area contributed by atoms with Crippen molar-refractivity contribution in [1.82, 2.24) is 5.32 Å². The van der Waals surface area contributed by atoms with Crippen LogP contribution in [-0.4, -0.2) is 18.5 Å². The highest BCUT2D eigenvalue weighted by Gasteiger charge is 2.15. The highest BCUT2D eigenvalue weighted by atomic mass is 16.1. The maximum absolute atomic E-state index is 12.2. The number of benzene rings is 1. The Kier molecular flexibility index (Phi) is 4.70. The van der Waals surface area contributed by atoms with E-state index in [9.17, 15) is 4.79 Å². The molecule has 1 aromatic rings. The molecule has 3 N–H and O–H groups in total. The molecule has 17 heavy (non-hydrogen) atoms. The van der Waals surface area contributed by atoms with Gasteiger partial charge in [0.05, 0.1) is 0 Å². The van der Waals surface area contributed by atoms with Gasteiger partial charge in [0.15, 0.2) is 0 Å². The van der Waals surface area contributed by atoms with Gasteiger partial charge in [0.1, 0.15) is 0 Å². The molecule has 0 spiro atoms. The largest absolute Gasteiger partial charge is 0.348 e. The van der Waals surface area contributed by atoms with Gasteiger partial charge in [-0.15, -0.1) is 0 Å². The summed E-state index contributed by atoms with van der Waals surface area (Å²) in [7, 11) is 0. The molecule has 3 nitrogen and oxygen atoms in total. The molecule has 1 aromatic carbocycles. The number of nitrogens with two attached hydrogens (primary N) is 1. The van der Waals surface area contributed by atoms with Crippen LogP contribution in [0, 0.1) is 20.8 Å². The molecule has 0 bridgehead atoms. The van der Waals surface area contributed by atoms with Crippen LogP contribution in [0.2, 0.25) is 0 Å². The predicted molar refractivity (Wildman–Crippen MR) is 71.3 cm³/mol. The van der Waals surface area contributed by atoms with Gasteiger partial charge < -0.3 is 11.1 Å². The molecule has 94 valence electrons. The topological polar surface area (TPSA) is 55.1 Å². The Hall–Kier alpha value is -1.35. The Bertz CT molecular complexity index is 386. The van der Waals surface area contributed by atoms with Gasteiger partial charge in [-0.3, -0.25) is 4.79 Å². The summed E-state index contributed by atoms with van der Waals surface area (Å²) >= 11 is 0.